The normalized spacial score (nSPS) is 10.3. The SMILES string of the molecule is COc1cnccc1CCCOc1cccnc1Oc1ccccc1. The van der Waals surface area contributed by atoms with Crippen molar-refractivity contribution in [2.24, 2.45) is 0 Å². The summed E-state index contributed by atoms with van der Waals surface area (Å²) in [6.07, 6.45) is 6.88. The Morgan fingerprint density at radius 1 is 0.920 bits per heavy atom. The number of nitrogens with zero attached hydrogens (tertiary/aromatic N) is 2. The molecular formula is C20H20N2O3. The molecule has 5 nitrogen and oxygen atoms in total. The van der Waals surface area contributed by atoms with E-state index in [1.165, 1.54) is 0 Å². The average Bonchev–Trinajstić information content (AvgIpc) is 2.67. The molecule has 0 atom stereocenters. The molecule has 25 heavy (non-hydrogen) atoms. The number of hydrogen-bond acceptors (Lipinski definition) is 5. The minimum atomic E-state index is 0.468. The van der Waals surface area contributed by atoms with Crippen LogP contribution in [0.5, 0.6) is 23.1 Å². The monoisotopic (exact) mass is 336 g/mol. The van der Waals surface area contributed by atoms with Crippen LogP contribution in [0.1, 0.15) is 12.0 Å². The number of rotatable bonds is 8. The van der Waals surface area contributed by atoms with Crippen LogP contribution in [0.15, 0.2) is 67.1 Å². The van der Waals surface area contributed by atoms with E-state index in [2.05, 4.69) is 9.97 Å². The minimum Gasteiger partial charge on any atom is -0.495 e. The summed E-state index contributed by atoms with van der Waals surface area (Å²) < 4.78 is 17.0. The van der Waals surface area contributed by atoms with Crippen molar-refractivity contribution >= 4 is 0 Å². The van der Waals surface area contributed by atoms with E-state index in [-0.39, 0.29) is 0 Å². The molecule has 0 N–H and O–H groups in total. The van der Waals surface area contributed by atoms with Crippen LogP contribution in [0.4, 0.5) is 0 Å². The lowest BCUT2D eigenvalue weighted by Gasteiger charge is -2.12. The first-order valence-electron chi connectivity index (χ1n) is 8.14. The predicted molar refractivity (Wildman–Crippen MR) is 95.4 cm³/mol. The van der Waals surface area contributed by atoms with Gasteiger partial charge in [0.05, 0.1) is 19.9 Å². The fourth-order valence-corrected chi connectivity index (χ4v) is 2.41. The van der Waals surface area contributed by atoms with E-state index in [0.717, 1.165) is 29.9 Å². The molecule has 3 aromatic rings. The summed E-state index contributed by atoms with van der Waals surface area (Å²) in [6.45, 7) is 0.558. The van der Waals surface area contributed by atoms with E-state index < -0.39 is 0 Å². The maximum absolute atomic E-state index is 5.86. The number of methoxy groups -OCH3 is 1. The molecule has 0 aliphatic carbocycles. The third kappa shape index (κ3) is 4.70. The van der Waals surface area contributed by atoms with Gasteiger partial charge in [-0.15, -0.1) is 0 Å². The van der Waals surface area contributed by atoms with Crippen LogP contribution < -0.4 is 14.2 Å². The van der Waals surface area contributed by atoms with Gasteiger partial charge in [0.1, 0.15) is 11.5 Å². The Morgan fingerprint density at radius 3 is 2.64 bits per heavy atom. The third-order valence-electron chi connectivity index (χ3n) is 3.63. The molecule has 0 saturated heterocycles. The molecule has 128 valence electrons. The van der Waals surface area contributed by atoms with Gasteiger partial charge in [-0.1, -0.05) is 18.2 Å². The van der Waals surface area contributed by atoms with E-state index in [1.54, 1.807) is 25.7 Å². The van der Waals surface area contributed by atoms with Gasteiger partial charge in [-0.25, -0.2) is 4.98 Å². The number of para-hydroxylation sites is 1. The van der Waals surface area contributed by atoms with Crippen LogP contribution in [0.2, 0.25) is 0 Å². The number of ether oxygens (including phenoxy) is 3. The zero-order valence-electron chi connectivity index (χ0n) is 14.1. The number of aryl methyl sites for hydroxylation is 1. The molecule has 0 radical (unpaired) electrons. The van der Waals surface area contributed by atoms with Crippen LogP contribution >= 0.6 is 0 Å². The van der Waals surface area contributed by atoms with Crippen molar-refractivity contribution in [1.29, 1.82) is 0 Å². The Labute approximate surface area is 147 Å². The summed E-state index contributed by atoms with van der Waals surface area (Å²) in [5, 5.41) is 0. The quantitative estimate of drug-likeness (QED) is 0.574. The Balaban J connectivity index is 1.56. The maximum Gasteiger partial charge on any atom is 0.262 e. The molecule has 2 heterocycles. The highest BCUT2D eigenvalue weighted by atomic mass is 16.5. The van der Waals surface area contributed by atoms with Crippen LogP contribution in [0, 0.1) is 0 Å². The molecule has 0 aliphatic rings. The zero-order valence-corrected chi connectivity index (χ0v) is 14.1. The summed E-state index contributed by atoms with van der Waals surface area (Å²) in [7, 11) is 1.65. The zero-order chi connectivity index (χ0) is 17.3. The van der Waals surface area contributed by atoms with Crippen molar-refractivity contribution in [2.75, 3.05) is 13.7 Å². The number of aromatic nitrogens is 2. The van der Waals surface area contributed by atoms with Gasteiger partial charge in [0, 0.05) is 12.4 Å². The van der Waals surface area contributed by atoms with Crippen LogP contribution in [0.3, 0.4) is 0 Å². The number of pyridine rings is 2. The van der Waals surface area contributed by atoms with Gasteiger partial charge in [-0.3, -0.25) is 4.98 Å². The molecule has 0 spiro atoms. The first kappa shape index (κ1) is 16.8. The lowest BCUT2D eigenvalue weighted by atomic mass is 10.1. The summed E-state index contributed by atoms with van der Waals surface area (Å²) in [4.78, 5) is 8.33. The van der Waals surface area contributed by atoms with Crippen molar-refractivity contribution in [1.82, 2.24) is 9.97 Å². The van der Waals surface area contributed by atoms with E-state index in [0.29, 0.717) is 18.2 Å². The van der Waals surface area contributed by atoms with Gasteiger partial charge >= 0.3 is 0 Å². The van der Waals surface area contributed by atoms with Gasteiger partial charge in [0.25, 0.3) is 5.88 Å². The standard InChI is InChI=1S/C20H20N2O3/c1-23-19-15-21-13-11-16(19)7-6-14-24-18-10-5-12-22-20(18)25-17-8-3-2-4-9-17/h2-5,8-13,15H,6-7,14H2,1H3. The van der Waals surface area contributed by atoms with E-state index in [1.807, 2.05) is 48.5 Å². The summed E-state index contributed by atoms with van der Waals surface area (Å²) in [6, 6.07) is 15.2. The number of benzene rings is 1. The molecule has 2 aromatic heterocycles. The highest BCUT2D eigenvalue weighted by molar-refractivity contribution is 5.37. The van der Waals surface area contributed by atoms with Crippen molar-refractivity contribution in [3.05, 3.63) is 72.7 Å². The van der Waals surface area contributed by atoms with Gasteiger partial charge in [-0.2, -0.15) is 0 Å². The predicted octanol–water partition coefficient (Wildman–Crippen LogP) is 4.29. The lowest BCUT2D eigenvalue weighted by molar-refractivity contribution is 0.292. The smallest absolute Gasteiger partial charge is 0.262 e. The van der Waals surface area contributed by atoms with Crippen molar-refractivity contribution in [2.45, 2.75) is 12.8 Å². The lowest BCUT2D eigenvalue weighted by Crippen LogP contribution is -2.02. The minimum absolute atomic E-state index is 0.468. The van der Waals surface area contributed by atoms with E-state index in [4.69, 9.17) is 14.2 Å². The summed E-state index contributed by atoms with van der Waals surface area (Å²) >= 11 is 0. The second-order valence-corrected chi connectivity index (χ2v) is 5.36. The Kier molecular flexibility index (Phi) is 5.82. The van der Waals surface area contributed by atoms with Crippen LogP contribution in [0.25, 0.3) is 0 Å². The van der Waals surface area contributed by atoms with Crippen molar-refractivity contribution < 1.29 is 14.2 Å². The fourth-order valence-electron chi connectivity index (χ4n) is 2.41. The third-order valence-corrected chi connectivity index (χ3v) is 3.63. The van der Waals surface area contributed by atoms with E-state index in [9.17, 15) is 0 Å². The molecule has 0 amide bonds. The molecule has 0 fully saturated rings. The van der Waals surface area contributed by atoms with Gasteiger partial charge < -0.3 is 14.2 Å². The second-order valence-electron chi connectivity index (χ2n) is 5.36. The Morgan fingerprint density at radius 2 is 1.80 bits per heavy atom. The topological polar surface area (TPSA) is 53.5 Å². The highest BCUT2D eigenvalue weighted by Gasteiger charge is 2.08. The Bertz CT molecular complexity index is 794. The van der Waals surface area contributed by atoms with Crippen molar-refractivity contribution in [3.8, 4) is 23.1 Å². The largest absolute Gasteiger partial charge is 0.495 e. The molecule has 3 rings (SSSR count). The van der Waals surface area contributed by atoms with Gasteiger partial charge in [0.2, 0.25) is 0 Å². The average molecular weight is 336 g/mol. The highest BCUT2D eigenvalue weighted by Crippen LogP contribution is 2.28. The molecule has 1 aromatic carbocycles. The Hall–Kier alpha value is -3.08. The van der Waals surface area contributed by atoms with E-state index >= 15 is 0 Å². The second kappa shape index (κ2) is 8.68. The molecule has 0 unspecified atom stereocenters. The van der Waals surface area contributed by atoms with Gasteiger partial charge in [-0.05, 0) is 48.7 Å². The van der Waals surface area contributed by atoms with Gasteiger partial charge in [0.15, 0.2) is 5.75 Å². The van der Waals surface area contributed by atoms with Crippen LogP contribution in [-0.2, 0) is 6.42 Å². The molecule has 5 heteroatoms. The van der Waals surface area contributed by atoms with Crippen LogP contribution in [-0.4, -0.2) is 23.7 Å². The fraction of sp³-hybridized carbons (Fsp3) is 0.200. The maximum atomic E-state index is 5.86. The molecule has 0 aliphatic heterocycles. The first-order chi connectivity index (χ1) is 12.4. The first-order valence-corrected chi connectivity index (χ1v) is 8.14. The number of hydrogen-bond donors (Lipinski definition) is 0. The molecular weight excluding hydrogens is 316 g/mol. The summed E-state index contributed by atoms with van der Waals surface area (Å²) in [5.41, 5.74) is 1.12. The summed E-state index contributed by atoms with van der Waals surface area (Å²) in [5.74, 6) is 2.63. The molecule has 0 saturated carbocycles. The molecule has 0 bridgehead atoms. The van der Waals surface area contributed by atoms with Crippen molar-refractivity contribution in [3.63, 3.8) is 0 Å².